The Bertz CT molecular complexity index is 708. The summed E-state index contributed by atoms with van der Waals surface area (Å²) in [4.78, 5) is 14.9. The lowest BCUT2D eigenvalue weighted by atomic mass is 9.97. The summed E-state index contributed by atoms with van der Waals surface area (Å²) in [5, 5.41) is 0. The Kier molecular flexibility index (Phi) is 3.85. The second-order valence-electron chi connectivity index (χ2n) is 5.60. The third-order valence-electron chi connectivity index (χ3n) is 4.09. The molecule has 0 bridgehead atoms. The zero-order chi connectivity index (χ0) is 15.0. The monoisotopic (exact) mass is 343 g/mol. The topological polar surface area (TPSA) is 20.3 Å². The molecule has 0 saturated carbocycles. The van der Waals surface area contributed by atoms with E-state index in [1.807, 2.05) is 30.0 Å². The molecular formula is C18H18BrNO. The number of aryl methyl sites for hydroxylation is 3. The molecule has 0 spiro atoms. The number of hydrogen-bond donors (Lipinski definition) is 0. The molecule has 108 valence electrons. The number of carbonyl (C=O) groups is 1. The van der Waals surface area contributed by atoms with E-state index in [9.17, 15) is 4.79 Å². The SMILES string of the molecule is Cc1ccc(Br)cc1C(=O)N1CCCc2cccc(C)c21. The maximum atomic E-state index is 13.0. The third kappa shape index (κ3) is 2.62. The Morgan fingerprint density at radius 3 is 2.76 bits per heavy atom. The summed E-state index contributed by atoms with van der Waals surface area (Å²) >= 11 is 3.46. The molecule has 1 amide bonds. The molecular weight excluding hydrogens is 326 g/mol. The molecule has 1 aliphatic heterocycles. The maximum absolute atomic E-state index is 13.0. The van der Waals surface area contributed by atoms with Gasteiger partial charge in [-0.2, -0.15) is 0 Å². The summed E-state index contributed by atoms with van der Waals surface area (Å²) in [6, 6.07) is 12.2. The number of halogens is 1. The minimum Gasteiger partial charge on any atom is -0.308 e. The number of anilines is 1. The number of benzene rings is 2. The lowest BCUT2D eigenvalue weighted by molar-refractivity contribution is 0.0984. The Balaban J connectivity index is 2.06. The van der Waals surface area contributed by atoms with Crippen molar-refractivity contribution in [2.24, 2.45) is 0 Å². The third-order valence-corrected chi connectivity index (χ3v) is 4.59. The van der Waals surface area contributed by atoms with Crippen LogP contribution >= 0.6 is 15.9 Å². The van der Waals surface area contributed by atoms with Crippen LogP contribution in [0.15, 0.2) is 40.9 Å². The Morgan fingerprint density at radius 1 is 1.14 bits per heavy atom. The van der Waals surface area contributed by atoms with Gasteiger partial charge < -0.3 is 4.90 Å². The van der Waals surface area contributed by atoms with E-state index in [4.69, 9.17) is 0 Å². The Morgan fingerprint density at radius 2 is 1.95 bits per heavy atom. The molecule has 0 radical (unpaired) electrons. The Labute approximate surface area is 133 Å². The molecule has 0 saturated heterocycles. The molecule has 2 aromatic carbocycles. The molecule has 21 heavy (non-hydrogen) atoms. The summed E-state index contributed by atoms with van der Waals surface area (Å²) < 4.78 is 0.943. The summed E-state index contributed by atoms with van der Waals surface area (Å²) in [5.74, 6) is 0.101. The van der Waals surface area contributed by atoms with Crippen molar-refractivity contribution in [1.82, 2.24) is 0 Å². The van der Waals surface area contributed by atoms with E-state index in [0.717, 1.165) is 40.7 Å². The first-order valence-electron chi connectivity index (χ1n) is 7.24. The average molecular weight is 344 g/mol. The molecule has 0 atom stereocenters. The molecule has 0 aliphatic carbocycles. The van der Waals surface area contributed by atoms with Crippen LogP contribution in [0.5, 0.6) is 0 Å². The lowest BCUT2D eigenvalue weighted by Gasteiger charge is -2.31. The van der Waals surface area contributed by atoms with Gasteiger partial charge in [-0.05, 0) is 55.5 Å². The van der Waals surface area contributed by atoms with Gasteiger partial charge in [0.1, 0.15) is 0 Å². The van der Waals surface area contributed by atoms with Gasteiger partial charge in [0.25, 0.3) is 5.91 Å². The zero-order valence-corrected chi connectivity index (χ0v) is 13.9. The normalized spacial score (nSPS) is 14.0. The van der Waals surface area contributed by atoms with Crippen LogP contribution in [-0.4, -0.2) is 12.5 Å². The average Bonchev–Trinajstić information content (AvgIpc) is 2.49. The van der Waals surface area contributed by atoms with Gasteiger partial charge in [0, 0.05) is 16.6 Å². The molecule has 0 aromatic heterocycles. The van der Waals surface area contributed by atoms with E-state index in [-0.39, 0.29) is 5.91 Å². The van der Waals surface area contributed by atoms with Crippen LogP contribution in [0.25, 0.3) is 0 Å². The van der Waals surface area contributed by atoms with Crippen LogP contribution in [0.3, 0.4) is 0 Å². The van der Waals surface area contributed by atoms with E-state index >= 15 is 0 Å². The highest BCUT2D eigenvalue weighted by molar-refractivity contribution is 9.10. The van der Waals surface area contributed by atoms with Crippen molar-refractivity contribution in [2.45, 2.75) is 26.7 Å². The number of amides is 1. The predicted octanol–water partition coefficient (Wildman–Crippen LogP) is 4.66. The number of nitrogens with zero attached hydrogens (tertiary/aromatic N) is 1. The number of fused-ring (bicyclic) bond motifs is 1. The quantitative estimate of drug-likeness (QED) is 0.737. The minimum atomic E-state index is 0.101. The van der Waals surface area contributed by atoms with Crippen molar-refractivity contribution >= 4 is 27.5 Å². The van der Waals surface area contributed by atoms with E-state index in [0.29, 0.717) is 0 Å². The maximum Gasteiger partial charge on any atom is 0.258 e. The van der Waals surface area contributed by atoms with Crippen LogP contribution in [0.1, 0.15) is 33.5 Å². The van der Waals surface area contributed by atoms with Gasteiger partial charge in [-0.1, -0.05) is 40.2 Å². The summed E-state index contributed by atoms with van der Waals surface area (Å²) in [6.07, 6.45) is 2.08. The molecule has 0 fully saturated rings. The van der Waals surface area contributed by atoms with Crippen LogP contribution in [-0.2, 0) is 6.42 Å². The van der Waals surface area contributed by atoms with Crippen molar-refractivity contribution in [1.29, 1.82) is 0 Å². The van der Waals surface area contributed by atoms with Crippen molar-refractivity contribution in [3.05, 3.63) is 63.1 Å². The second kappa shape index (κ2) is 5.64. The second-order valence-corrected chi connectivity index (χ2v) is 6.52. The van der Waals surface area contributed by atoms with Crippen LogP contribution < -0.4 is 4.90 Å². The largest absolute Gasteiger partial charge is 0.308 e. The van der Waals surface area contributed by atoms with Gasteiger partial charge in [-0.15, -0.1) is 0 Å². The van der Waals surface area contributed by atoms with E-state index in [1.165, 1.54) is 11.1 Å². The molecule has 1 heterocycles. The van der Waals surface area contributed by atoms with Gasteiger partial charge in [0.2, 0.25) is 0 Å². The van der Waals surface area contributed by atoms with E-state index in [2.05, 4.69) is 41.1 Å². The Hall–Kier alpha value is -1.61. The first kappa shape index (κ1) is 14.3. The molecule has 0 unspecified atom stereocenters. The van der Waals surface area contributed by atoms with Crippen LogP contribution in [0.4, 0.5) is 5.69 Å². The summed E-state index contributed by atoms with van der Waals surface area (Å²) in [7, 11) is 0. The number of para-hydroxylation sites is 1. The number of rotatable bonds is 1. The van der Waals surface area contributed by atoms with Crippen molar-refractivity contribution < 1.29 is 4.79 Å². The van der Waals surface area contributed by atoms with E-state index in [1.54, 1.807) is 0 Å². The molecule has 2 aromatic rings. The standard InChI is InChI=1S/C18H18BrNO/c1-12-8-9-15(19)11-16(12)18(21)20-10-4-7-14-6-3-5-13(2)17(14)20/h3,5-6,8-9,11H,4,7,10H2,1-2H3. The first-order chi connectivity index (χ1) is 10.1. The van der Waals surface area contributed by atoms with Crippen LogP contribution in [0, 0.1) is 13.8 Å². The molecule has 2 nitrogen and oxygen atoms in total. The molecule has 3 rings (SSSR count). The van der Waals surface area contributed by atoms with Gasteiger partial charge in [0.15, 0.2) is 0 Å². The van der Waals surface area contributed by atoms with Crippen molar-refractivity contribution in [3.63, 3.8) is 0 Å². The fourth-order valence-electron chi connectivity index (χ4n) is 3.02. The zero-order valence-electron chi connectivity index (χ0n) is 12.3. The van der Waals surface area contributed by atoms with Crippen molar-refractivity contribution in [2.75, 3.05) is 11.4 Å². The molecule has 3 heteroatoms. The first-order valence-corrected chi connectivity index (χ1v) is 8.04. The minimum absolute atomic E-state index is 0.101. The van der Waals surface area contributed by atoms with Gasteiger partial charge in [0.05, 0.1) is 5.69 Å². The fourth-order valence-corrected chi connectivity index (χ4v) is 3.38. The summed E-state index contributed by atoms with van der Waals surface area (Å²) in [6.45, 7) is 4.86. The summed E-state index contributed by atoms with van der Waals surface area (Å²) in [5.41, 5.74) is 5.35. The molecule has 1 aliphatic rings. The van der Waals surface area contributed by atoms with Crippen LogP contribution in [0.2, 0.25) is 0 Å². The highest BCUT2D eigenvalue weighted by Gasteiger charge is 2.25. The lowest BCUT2D eigenvalue weighted by Crippen LogP contribution is -2.36. The van der Waals surface area contributed by atoms with Gasteiger partial charge in [-0.25, -0.2) is 0 Å². The fraction of sp³-hybridized carbons (Fsp3) is 0.278. The predicted molar refractivity (Wildman–Crippen MR) is 90.1 cm³/mol. The smallest absolute Gasteiger partial charge is 0.258 e. The number of hydrogen-bond acceptors (Lipinski definition) is 1. The van der Waals surface area contributed by atoms with E-state index < -0.39 is 0 Å². The highest BCUT2D eigenvalue weighted by Crippen LogP contribution is 2.32. The molecule has 0 N–H and O–H groups in total. The van der Waals surface area contributed by atoms with Gasteiger partial charge >= 0.3 is 0 Å². The highest BCUT2D eigenvalue weighted by atomic mass is 79.9. The van der Waals surface area contributed by atoms with Crippen molar-refractivity contribution in [3.8, 4) is 0 Å². The van der Waals surface area contributed by atoms with Gasteiger partial charge in [-0.3, -0.25) is 4.79 Å². The number of carbonyl (C=O) groups excluding carboxylic acids is 1.